The van der Waals surface area contributed by atoms with Crippen molar-refractivity contribution in [3.05, 3.63) is 34.9 Å². The van der Waals surface area contributed by atoms with E-state index in [-0.39, 0.29) is 5.78 Å². The molecule has 0 aromatic heterocycles. The van der Waals surface area contributed by atoms with Gasteiger partial charge in [0.25, 0.3) is 5.91 Å². The number of likely N-dealkylation sites (N-methyl/N-ethyl adjacent to an activating group) is 1. The molecule has 1 amide bonds. The standard InChI is InChI=1S/C18H22ClNO4/c1-12(24-13(2)21)17(23)20(3)18(11-7-6-10-16(18)22)14-8-4-5-9-15(14)19/h4-5,8-9,12H,6-7,10-11H2,1-3H3/t12-,18+/m0/s1. The molecule has 2 atom stereocenters. The normalized spacial score (nSPS) is 21.9. The van der Waals surface area contributed by atoms with Crippen molar-refractivity contribution in [2.45, 2.75) is 51.2 Å². The first kappa shape index (κ1) is 18.5. The van der Waals surface area contributed by atoms with Crippen molar-refractivity contribution >= 4 is 29.3 Å². The van der Waals surface area contributed by atoms with E-state index < -0.39 is 23.5 Å². The van der Waals surface area contributed by atoms with Crippen LogP contribution in [0.15, 0.2) is 24.3 Å². The molecule has 0 unspecified atom stereocenters. The first-order valence-electron chi connectivity index (χ1n) is 8.04. The van der Waals surface area contributed by atoms with E-state index in [0.29, 0.717) is 23.4 Å². The van der Waals surface area contributed by atoms with Gasteiger partial charge in [-0.3, -0.25) is 14.4 Å². The van der Waals surface area contributed by atoms with Crippen LogP contribution in [-0.2, 0) is 24.7 Å². The molecule has 6 heteroatoms. The summed E-state index contributed by atoms with van der Waals surface area (Å²) in [4.78, 5) is 38.2. The molecule has 0 radical (unpaired) electrons. The zero-order valence-electron chi connectivity index (χ0n) is 14.2. The van der Waals surface area contributed by atoms with Crippen LogP contribution in [0.4, 0.5) is 0 Å². The monoisotopic (exact) mass is 351 g/mol. The molecule has 24 heavy (non-hydrogen) atoms. The van der Waals surface area contributed by atoms with Crippen molar-refractivity contribution in [2.24, 2.45) is 0 Å². The molecule has 1 aromatic carbocycles. The Morgan fingerprint density at radius 2 is 1.96 bits per heavy atom. The highest BCUT2D eigenvalue weighted by Gasteiger charge is 2.48. The minimum atomic E-state index is -1.11. The van der Waals surface area contributed by atoms with Crippen LogP contribution < -0.4 is 0 Å². The molecule has 1 fully saturated rings. The molecule has 130 valence electrons. The average molecular weight is 352 g/mol. The fourth-order valence-corrected chi connectivity index (χ4v) is 3.68. The van der Waals surface area contributed by atoms with Gasteiger partial charge in [-0.2, -0.15) is 0 Å². The number of ketones is 1. The third-order valence-electron chi connectivity index (χ3n) is 4.57. The number of benzene rings is 1. The topological polar surface area (TPSA) is 63.7 Å². The number of halogens is 1. The number of amides is 1. The number of rotatable bonds is 4. The van der Waals surface area contributed by atoms with E-state index in [1.165, 1.54) is 18.7 Å². The third kappa shape index (κ3) is 3.31. The average Bonchev–Trinajstić information content (AvgIpc) is 2.54. The largest absolute Gasteiger partial charge is 0.453 e. The Kier molecular flexibility index (Phi) is 5.65. The number of nitrogens with zero attached hydrogens (tertiary/aromatic N) is 1. The van der Waals surface area contributed by atoms with E-state index in [1.54, 1.807) is 31.3 Å². The predicted octanol–water partition coefficient (Wildman–Crippen LogP) is 3.09. The van der Waals surface area contributed by atoms with E-state index >= 15 is 0 Å². The molecule has 0 N–H and O–H groups in total. The van der Waals surface area contributed by atoms with Crippen molar-refractivity contribution in [3.63, 3.8) is 0 Å². The van der Waals surface area contributed by atoms with E-state index in [1.807, 2.05) is 0 Å². The van der Waals surface area contributed by atoms with Crippen molar-refractivity contribution in [1.82, 2.24) is 4.90 Å². The van der Waals surface area contributed by atoms with Crippen molar-refractivity contribution in [3.8, 4) is 0 Å². The molecule has 1 aliphatic rings. The van der Waals surface area contributed by atoms with Crippen molar-refractivity contribution < 1.29 is 19.1 Å². The van der Waals surface area contributed by atoms with Gasteiger partial charge in [-0.15, -0.1) is 0 Å². The molecule has 0 heterocycles. The highest BCUT2D eigenvalue weighted by molar-refractivity contribution is 6.31. The number of ether oxygens (including phenoxy) is 1. The molecular weight excluding hydrogens is 330 g/mol. The van der Waals surface area contributed by atoms with Gasteiger partial charge < -0.3 is 9.64 Å². The maximum Gasteiger partial charge on any atom is 0.303 e. The van der Waals surface area contributed by atoms with Gasteiger partial charge >= 0.3 is 5.97 Å². The second-order valence-corrected chi connectivity index (χ2v) is 6.53. The van der Waals surface area contributed by atoms with Gasteiger partial charge in [0.15, 0.2) is 11.9 Å². The number of carbonyl (C=O) groups is 3. The molecule has 1 aromatic rings. The highest BCUT2D eigenvalue weighted by atomic mass is 35.5. The lowest BCUT2D eigenvalue weighted by atomic mass is 9.74. The Bertz CT molecular complexity index is 660. The van der Waals surface area contributed by atoms with Gasteiger partial charge in [0.05, 0.1) is 0 Å². The fourth-order valence-electron chi connectivity index (χ4n) is 3.39. The van der Waals surface area contributed by atoms with Gasteiger partial charge in [0, 0.05) is 31.0 Å². The van der Waals surface area contributed by atoms with Crippen LogP contribution >= 0.6 is 11.6 Å². The summed E-state index contributed by atoms with van der Waals surface area (Å²) in [7, 11) is 1.58. The zero-order valence-corrected chi connectivity index (χ0v) is 14.9. The first-order valence-corrected chi connectivity index (χ1v) is 8.41. The minimum Gasteiger partial charge on any atom is -0.453 e. The number of esters is 1. The molecule has 0 spiro atoms. The summed E-state index contributed by atoms with van der Waals surface area (Å²) in [5, 5.41) is 0.451. The summed E-state index contributed by atoms with van der Waals surface area (Å²) < 4.78 is 5.00. The Balaban J connectivity index is 2.47. The van der Waals surface area contributed by atoms with Crippen LogP contribution in [0.1, 0.15) is 45.1 Å². The van der Waals surface area contributed by atoms with Crippen LogP contribution in [0, 0.1) is 0 Å². The van der Waals surface area contributed by atoms with Gasteiger partial charge in [-0.05, 0) is 32.3 Å². The number of carbonyl (C=O) groups excluding carboxylic acids is 3. The quantitative estimate of drug-likeness (QED) is 0.782. The molecule has 0 bridgehead atoms. The lowest BCUT2D eigenvalue weighted by Gasteiger charge is -2.44. The summed E-state index contributed by atoms with van der Waals surface area (Å²) in [5.41, 5.74) is -0.482. The van der Waals surface area contributed by atoms with E-state index in [0.717, 1.165) is 12.8 Å². The van der Waals surface area contributed by atoms with Crippen LogP contribution in [-0.4, -0.2) is 35.7 Å². The summed E-state index contributed by atoms with van der Waals surface area (Å²) in [5.74, 6) is -0.987. The Morgan fingerprint density at radius 3 is 2.54 bits per heavy atom. The maximum absolute atomic E-state index is 12.9. The number of Topliss-reactive ketones (excluding diaryl/α,β-unsaturated/α-hetero) is 1. The Morgan fingerprint density at radius 1 is 1.29 bits per heavy atom. The van der Waals surface area contributed by atoms with Crippen molar-refractivity contribution in [2.75, 3.05) is 7.05 Å². The van der Waals surface area contributed by atoms with E-state index in [9.17, 15) is 14.4 Å². The third-order valence-corrected chi connectivity index (χ3v) is 4.90. The lowest BCUT2D eigenvalue weighted by molar-refractivity contribution is -0.163. The molecule has 2 rings (SSSR count). The van der Waals surface area contributed by atoms with E-state index in [2.05, 4.69) is 0 Å². The van der Waals surface area contributed by atoms with Gasteiger partial charge in [0.1, 0.15) is 5.54 Å². The second-order valence-electron chi connectivity index (χ2n) is 6.12. The summed E-state index contributed by atoms with van der Waals surface area (Å²) >= 11 is 6.35. The minimum absolute atomic E-state index is 0.0345. The van der Waals surface area contributed by atoms with Crippen molar-refractivity contribution in [1.29, 1.82) is 0 Å². The molecule has 0 aliphatic heterocycles. The Labute approximate surface area is 146 Å². The second kappa shape index (κ2) is 7.34. The SMILES string of the molecule is CC(=O)O[C@@H](C)C(=O)N(C)[C@@]1(c2ccccc2Cl)CCCCC1=O. The van der Waals surface area contributed by atoms with Gasteiger partial charge in [-0.25, -0.2) is 0 Å². The highest BCUT2D eigenvalue weighted by Crippen LogP contribution is 2.42. The molecule has 1 aliphatic carbocycles. The summed E-state index contributed by atoms with van der Waals surface area (Å²) in [6.07, 6.45) is 1.56. The molecular formula is C18H22ClNO4. The van der Waals surface area contributed by atoms with Crippen LogP contribution in [0.25, 0.3) is 0 Å². The zero-order chi connectivity index (χ0) is 17.9. The number of hydrogen-bond donors (Lipinski definition) is 0. The summed E-state index contributed by atoms with van der Waals surface area (Å²) in [6, 6.07) is 7.09. The molecule has 1 saturated carbocycles. The van der Waals surface area contributed by atoms with Crippen LogP contribution in [0.2, 0.25) is 5.02 Å². The number of hydrogen-bond acceptors (Lipinski definition) is 4. The molecule has 0 saturated heterocycles. The van der Waals surface area contributed by atoms with Gasteiger partial charge in [-0.1, -0.05) is 29.8 Å². The maximum atomic E-state index is 12.9. The first-order chi connectivity index (χ1) is 11.3. The van der Waals surface area contributed by atoms with Crippen LogP contribution in [0.3, 0.4) is 0 Å². The molecule has 5 nitrogen and oxygen atoms in total. The van der Waals surface area contributed by atoms with Crippen LogP contribution in [0.5, 0.6) is 0 Å². The lowest BCUT2D eigenvalue weighted by Crippen LogP contribution is -2.56. The fraction of sp³-hybridized carbons (Fsp3) is 0.500. The summed E-state index contributed by atoms with van der Waals surface area (Å²) in [6.45, 7) is 2.76. The smallest absolute Gasteiger partial charge is 0.303 e. The van der Waals surface area contributed by atoms with E-state index in [4.69, 9.17) is 16.3 Å². The Hall–Kier alpha value is -1.88. The van der Waals surface area contributed by atoms with Gasteiger partial charge in [0.2, 0.25) is 0 Å². The predicted molar refractivity (Wildman–Crippen MR) is 90.6 cm³/mol.